The average Bonchev–Trinajstić information content (AvgIpc) is 3.32. The fourth-order valence-electron chi connectivity index (χ4n) is 4.86. The number of anilines is 2. The summed E-state index contributed by atoms with van der Waals surface area (Å²) in [5.41, 5.74) is 2.83. The molecule has 0 aromatic heterocycles. The minimum atomic E-state index is 0.262. The average molecular weight is 356 g/mol. The van der Waals surface area contributed by atoms with Gasteiger partial charge < -0.3 is 15.1 Å². The highest BCUT2D eigenvalue weighted by Crippen LogP contribution is 2.41. The molecule has 1 unspecified atom stereocenters. The molecule has 1 N–H and O–H groups in total. The molecule has 4 heteroatoms. The molecule has 0 bridgehead atoms. The third-order valence-electron chi connectivity index (χ3n) is 6.57. The van der Waals surface area contributed by atoms with Crippen LogP contribution < -0.4 is 15.1 Å². The summed E-state index contributed by atoms with van der Waals surface area (Å²) in [5.74, 6) is 0.262. The Morgan fingerprint density at radius 3 is 2.27 bits per heavy atom. The number of amides is 1. The fourth-order valence-corrected chi connectivity index (χ4v) is 4.86. The van der Waals surface area contributed by atoms with Crippen molar-refractivity contribution in [1.29, 1.82) is 0 Å². The second-order valence-electron chi connectivity index (χ2n) is 8.60. The summed E-state index contributed by atoms with van der Waals surface area (Å²) in [6, 6.07) is 9.65. The maximum absolute atomic E-state index is 12.1. The molecule has 2 aliphatic heterocycles. The summed E-state index contributed by atoms with van der Waals surface area (Å²) in [7, 11) is 0. The molecule has 3 aliphatic rings. The van der Waals surface area contributed by atoms with Crippen molar-refractivity contribution in [3.8, 4) is 0 Å². The Hall–Kier alpha value is -1.55. The number of hydrogen-bond donors (Lipinski definition) is 1. The zero-order valence-corrected chi connectivity index (χ0v) is 16.3. The highest BCUT2D eigenvalue weighted by molar-refractivity contribution is 5.96. The minimum absolute atomic E-state index is 0.262. The van der Waals surface area contributed by atoms with Crippen LogP contribution in [0.15, 0.2) is 24.3 Å². The van der Waals surface area contributed by atoms with Gasteiger partial charge in [0.25, 0.3) is 0 Å². The molecule has 1 aromatic carbocycles. The van der Waals surface area contributed by atoms with Gasteiger partial charge >= 0.3 is 0 Å². The van der Waals surface area contributed by atoms with Crippen LogP contribution in [0.1, 0.15) is 65.2 Å². The first-order valence-corrected chi connectivity index (χ1v) is 10.5. The number of rotatable bonds is 6. The van der Waals surface area contributed by atoms with Gasteiger partial charge in [-0.1, -0.05) is 13.3 Å². The minimum Gasteiger partial charge on any atom is -0.371 e. The first-order valence-electron chi connectivity index (χ1n) is 10.5. The lowest BCUT2D eigenvalue weighted by Gasteiger charge is -2.36. The zero-order valence-electron chi connectivity index (χ0n) is 16.3. The molecule has 3 fully saturated rings. The van der Waals surface area contributed by atoms with Crippen LogP contribution in [0, 0.1) is 0 Å². The molecule has 142 valence electrons. The van der Waals surface area contributed by atoms with Crippen LogP contribution in [0.4, 0.5) is 11.4 Å². The predicted molar refractivity (Wildman–Crippen MR) is 108 cm³/mol. The van der Waals surface area contributed by atoms with Crippen LogP contribution in [-0.4, -0.2) is 36.6 Å². The van der Waals surface area contributed by atoms with Crippen LogP contribution in [0.25, 0.3) is 0 Å². The number of hydrogen-bond acceptors (Lipinski definition) is 3. The van der Waals surface area contributed by atoms with Gasteiger partial charge in [-0.3, -0.25) is 4.79 Å². The van der Waals surface area contributed by atoms with Gasteiger partial charge in [0.2, 0.25) is 5.91 Å². The Kier molecular flexibility index (Phi) is 4.96. The van der Waals surface area contributed by atoms with Crippen LogP contribution in [-0.2, 0) is 4.79 Å². The zero-order chi connectivity index (χ0) is 18.1. The van der Waals surface area contributed by atoms with Gasteiger partial charge in [-0.25, -0.2) is 0 Å². The number of benzene rings is 1. The number of carbonyl (C=O) groups is 1. The lowest BCUT2D eigenvalue weighted by atomic mass is 10.0. The second kappa shape index (κ2) is 7.22. The van der Waals surface area contributed by atoms with Crippen LogP contribution in [0.3, 0.4) is 0 Å². The summed E-state index contributed by atoms with van der Waals surface area (Å²) >= 11 is 0. The largest absolute Gasteiger partial charge is 0.371 e. The summed E-state index contributed by atoms with van der Waals surface area (Å²) in [5, 5.41) is 3.96. The van der Waals surface area contributed by atoms with Crippen molar-refractivity contribution >= 4 is 17.3 Å². The maximum Gasteiger partial charge on any atom is 0.227 e. The van der Waals surface area contributed by atoms with E-state index in [4.69, 9.17) is 0 Å². The van der Waals surface area contributed by atoms with Gasteiger partial charge in [0.15, 0.2) is 0 Å². The van der Waals surface area contributed by atoms with E-state index in [1.165, 1.54) is 44.2 Å². The molecular weight excluding hydrogens is 322 g/mol. The third kappa shape index (κ3) is 3.62. The van der Waals surface area contributed by atoms with E-state index >= 15 is 0 Å². The summed E-state index contributed by atoms with van der Waals surface area (Å²) in [4.78, 5) is 16.5. The Bertz CT molecular complexity index is 629. The van der Waals surface area contributed by atoms with Gasteiger partial charge in [0, 0.05) is 48.5 Å². The van der Waals surface area contributed by atoms with E-state index in [2.05, 4.69) is 48.3 Å². The van der Waals surface area contributed by atoms with E-state index in [1.807, 2.05) is 4.90 Å². The number of piperidine rings is 1. The van der Waals surface area contributed by atoms with Gasteiger partial charge in [-0.15, -0.1) is 0 Å². The van der Waals surface area contributed by atoms with Gasteiger partial charge in [-0.05, 0) is 69.7 Å². The summed E-state index contributed by atoms with van der Waals surface area (Å²) in [6.45, 7) is 6.68. The molecule has 1 amide bonds. The fraction of sp³-hybridized carbons (Fsp3) is 0.682. The normalized spacial score (nSPS) is 25.8. The Balaban J connectivity index is 1.32. The van der Waals surface area contributed by atoms with E-state index in [1.54, 1.807) is 0 Å². The van der Waals surface area contributed by atoms with Gasteiger partial charge in [-0.2, -0.15) is 0 Å². The van der Waals surface area contributed by atoms with Crippen LogP contribution >= 0.6 is 0 Å². The molecule has 2 heterocycles. The SMILES string of the molecule is CCCC1(NC2CCN(c3ccc(N4C(=O)CCC4C)cc3)CC2)CC1. The van der Waals surface area contributed by atoms with Crippen molar-refractivity contribution in [2.24, 2.45) is 0 Å². The van der Waals surface area contributed by atoms with Crippen LogP contribution in [0.2, 0.25) is 0 Å². The van der Waals surface area contributed by atoms with Crippen molar-refractivity contribution in [2.45, 2.75) is 82.8 Å². The number of carbonyl (C=O) groups excluding carboxylic acids is 1. The molecule has 1 aromatic rings. The predicted octanol–water partition coefficient (Wildman–Crippen LogP) is 4.09. The Morgan fingerprint density at radius 1 is 1.08 bits per heavy atom. The molecular formula is C22H33N3O. The lowest BCUT2D eigenvalue weighted by Crippen LogP contribution is -2.47. The van der Waals surface area contributed by atoms with E-state index in [0.29, 0.717) is 24.0 Å². The van der Waals surface area contributed by atoms with Crippen molar-refractivity contribution in [3.63, 3.8) is 0 Å². The maximum atomic E-state index is 12.1. The quantitative estimate of drug-likeness (QED) is 0.835. The highest BCUT2D eigenvalue weighted by Gasteiger charge is 2.43. The second-order valence-corrected chi connectivity index (χ2v) is 8.60. The highest BCUT2D eigenvalue weighted by atomic mass is 16.2. The van der Waals surface area contributed by atoms with Crippen molar-refractivity contribution in [2.75, 3.05) is 22.9 Å². The van der Waals surface area contributed by atoms with Crippen LogP contribution in [0.5, 0.6) is 0 Å². The Labute approximate surface area is 157 Å². The van der Waals surface area contributed by atoms with E-state index in [9.17, 15) is 4.79 Å². The first kappa shape index (κ1) is 17.8. The monoisotopic (exact) mass is 355 g/mol. The first-order chi connectivity index (χ1) is 12.6. The molecule has 2 saturated heterocycles. The number of nitrogens with zero attached hydrogens (tertiary/aromatic N) is 2. The smallest absolute Gasteiger partial charge is 0.227 e. The molecule has 0 spiro atoms. The molecule has 1 saturated carbocycles. The molecule has 4 nitrogen and oxygen atoms in total. The summed E-state index contributed by atoms with van der Waals surface area (Å²) in [6.07, 6.45) is 9.48. The molecule has 1 atom stereocenters. The topological polar surface area (TPSA) is 35.6 Å². The Morgan fingerprint density at radius 2 is 1.73 bits per heavy atom. The van der Waals surface area contributed by atoms with E-state index in [-0.39, 0.29) is 5.91 Å². The van der Waals surface area contributed by atoms with E-state index < -0.39 is 0 Å². The summed E-state index contributed by atoms with van der Waals surface area (Å²) < 4.78 is 0. The standard InChI is InChI=1S/C22H33N3O/c1-3-12-22(13-14-22)23-18-10-15-24(16-11-18)19-5-7-20(8-6-19)25-17(2)4-9-21(25)26/h5-8,17-18,23H,3-4,9-16H2,1-2H3. The molecule has 26 heavy (non-hydrogen) atoms. The van der Waals surface area contributed by atoms with Crippen molar-refractivity contribution in [1.82, 2.24) is 5.32 Å². The number of nitrogens with one attached hydrogen (secondary N) is 1. The molecule has 0 radical (unpaired) electrons. The van der Waals surface area contributed by atoms with Crippen molar-refractivity contribution in [3.05, 3.63) is 24.3 Å². The third-order valence-corrected chi connectivity index (χ3v) is 6.57. The molecule has 4 rings (SSSR count). The van der Waals surface area contributed by atoms with E-state index in [0.717, 1.165) is 25.2 Å². The van der Waals surface area contributed by atoms with Gasteiger partial charge in [0.1, 0.15) is 0 Å². The molecule has 1 aliphatic carbocycles. The lowest BCUT2D eigenvalue weighted by molar-refractivity contribution is -0.117. The van der Waals surface area contributed by atoms with Crippen molar-refractivity contribution < 1.29 is 4.79 Å². The van der Waals surface area contributed by atoms with Gasteiger partial charge in [0.05, 0.1) is 0 Å².